The first-order valence-corrected chi connectivity index (χ1v) is 11.1. The SMILES string of the molecule is COc1cc(OC)cc(C(=O)N2CCC(C(=O)Nc3cccc(Cl)c3SC(F)F)CC2)c1. The number of halogens is 3. The number of methoxy groups -OCH3 is 2. The standard InChI is InChI=1S/C22H23ClF2N2O4S/c1-30-15-10-14(11-16(12-15)31-2)21(29)27-8-6-13(7-9-27)20(28)26-18-5-3-4-17(23)19(18)32-22(24)25/h3-5,10-13,22H,6-9H2,1-2H3,(H,26,28). The number of nitrogens with one attached hydrogen (secondary N) is 1. The van der Waals surface area contributed by atoms with Gasteiger partial charge in [0.1, 0.15) is 11.5 Å². The van der Waals surface area contributed by atoms with Crippen LogP contribution in [-0.2, 0) is 4.79 Å². The van der Waals surface area contributed by atoms with E-state index >= 15 is 0 Å². The lowest BCUT2D eigenvalue weighted by atomic mass is 9.95. The van der Waals surface area contributed by atoms with E-state index < -0.39 is 5.76 Å². The maximum absolute atomic E-state index is 12.9. The van der Waals surface area contributed by atoms with Crippen molar-refractivity contribution in [3.05, 3.63) is 47.0 Å². The minimum atomic E-state index is -2.66. The summed E-state index contributed by atoms with van der Waals surface area (Å²) in [6, 6.07) is 9.61. The Bertz CT molecular complexity index is 962. The van der Waals surface area contributed by atoms with Crippen LogP contribution in [0.3, 0.4) is 0 Å². The van der Waals surface area contributed by atoms with Gasteiger partial charge in [0.15, 0.2) is 0 Å². The molecule has 6 nitrogen and oxygen atoms in total. The molecule has 172 valence electrons. The summed E-state index contributed by atoms with van der Waals surface area (Å²) in [5, 5.41) is 2.87. The summed E-state index contributed by atoms with van der Waals surface area (Å²) in [6.45, 7) is 0.787. The summed E-state index contributed by atoms with van der Waals surface area (Å²) in [5.41, 5.74) is 0.700. The molecule has 32 heavy (non-hydrogen) atoms. The highest BCUT2D eigenvalue weighted by molar-refractivity contribution is 7.99. The van der Waals surface area contributed by atoms with Crippen molar-refractivity contribution in [2.45, 2.75) is 23.5 Å². The molecule has 1 N–H and O–H groups in total. The van der Waals surface area contributed by atoms with E-state index in [9.17, 15) is 18.4 Å². The third-order valence-corrected chi connectivity index (χ3v) is 6.46. The average Bonchev–Trinajstić information content (AvgIpc) is 2.80. The number of carbonyl (C=O) groups is 2. The van der Waals surface area contributed by atoms with Gasteiger partial charge in [-0.3, -0.25) is 9.59 Å². The smallest absolute Gasteiger partial charge is 0.289 e. The first-order valence-electron chi connectivity index (χ1n) is 9.89. The highest BCUT2D eigenvalue weighted by Crippen LogP contribution is 2.38. The Morgan fingerprint density at radius 1 is 1.12 bits per heavy atom. The fourth-order valence-corrected chi connectivity index (χ4v) is 4.42. The zero-order chi connectivity index (χ0) is 23.3. The number of rotatable bonds is 7. The molecule has 0 aromatic heterocycles. The molecule has 0 aliphatic carbocycles. The van der Waals surface area contributed by atoms with Gasteiger partial charge in [-0.15, -0.1) is 0 Å². The van der Waals surface area contributed by atoms with Gasteiger partial charge in [0, 0.05) is 30.6 Å². The Balaban J connectivity index is 1.63. The second kappa shape index (κ2) is 10.9. The highest BCUT2D eigenvalue weighted by atomic mass is 35.5. The monoisotopic (exact) mass is 484 g/mol. The van der Waals surface area contributed by atoms with Gasteiger partial charge in [-0.2, -0.15) is 8.78 Å². The Morgan fingerprint density at radius 2 is 1.75 bits per heavy atom. The molecule has 0 radical (unpaired) electrons. The number of nitrogens with zero attached hydrogens (tertiary/aromatic N) is 1. The molecule has 0 atom stereocenters. The van der Waals surface area contributed by atoms with Crippen molar-refractivity contribution in [2.24, 2.45) is 5.92 Å². The first kappa shape index (κ1) is 24.1. The highest BCUT2D eigenvalue weighted by Gasteiger charge is 2.29. The van der Waals surface area contributed by atoms with Crippen molar-refractivity contribution in [3.63, 3.8) is 0 Å². The summed E-state index contributed by atoms with van der Waals surface area (Å²) in [6.07, 6.45) is 0.910. The normalized spacial score (nSPS) is 14.4. The molecule has 0 spiro atoms. The Hall–Kier alpha value is -2.52. The van der Waals surface area contributed by atoms with Crippen molar-refractivity contribution >= 4 is 40.9 Å². The van der Waals surface area contributed by atoms with Crippen LogP contribution in [0.15, 0.2) is 41.3 Å². The lowest BCUT2D eigenvalue weighted by Crippen LogP contribution is -2.41. The second-order valence-corrected chi connectivity index (χ2v) is 8.56. The molecule has 3 rings (SSSR count). The quantitative estimate of drug-likeness (QED) is 0.550. The zero-order valence-electron chi connectivity index (χ0n) is 17.6. The number of ether oxygens (including phenoxy) is 2. The summed E-state index contributed by atoms with van der Waals surface area (Å²) in [7, 11) is 3.02. The van der Waals surface area contributed by atoms with Crippen LogP contribution in [0.2, 0.25) is 5.02 Å². The number of hydrogen-bond donors (Lipinski definition) is 1. The minimum absolute atomic E-state index is 0.136. The summed E-state index contributed by atoms with van der Waals surface area (Å²) < 4.78 is 36.2. The molecule has 0 bridgehead atoms. The Kier molecular flexibility index (Phi) is 8.20. The average molecular weight is 485 g/mol. The summed E-state index contributed by atoms with van der Waals surface area (Å²) in [4.78, 5) is 27.5. The van der Waals surface area contributed by atoms with Gasteiger partial charge in [-0.05, 0) is 37.1 Å². The number of likely N-dealkylation sites (tertiary alicyclic amines) is 1. The number of benzene rings is 2. The minimum Gasteiger partial charge on any atom is -0.497 e. The molecule has 2 aromatic rings. The molecule has 1 fully saturated rings. The van der Waals surface area contributed by atoms with Crippen molar-refractivity contribution < 1.29 is 27.8 Å². The predicted octanol–water partition coefficient (Wildman–Crippen LogP) is 5.16. The number of alkyl halides is 2. The fraction of sp³-hybridized carbons (Fsp3) is 0.364. The van der Waals surface area contributed by atoms with E-state index in [4.69, 9.17) is 21.1 Å². The van der Waals surface area contributed by atoms with E-state index in [2.05, 4.69) is 5.32 Å². The van der Waals surface area contributed by atoms with Gasteiger partial charge < -0.3 is 19.7 Å². The predicted molar refractivity (Wildman–Crippen MR) is 120 cm³/mol. The topological polar surface area (TPSA) is 67.9 Å². The second-order valence-electron chi connectivity index (χ2n) is 7.15. The molecular formula is C22H23ClF2N2O4S. The molecule has 0 unspecified atom stereocenters. The van der Waals surface area contributed by atoms with Crippen LogP contribution in [0.5, 0.6) is 11.5 Å². The Morgan fingerprint density at radius 3 is 2.31 bits per heavy atom. The summed E-state index contributed by atoms with van der Waals surface area (Å²) >= 11 is 6.33. The molecule has 0 saturated carbocycles. The van der Waals surface area contributed by atoms with Crippen LogP contribution >= 0.6 is 23.4 Å². The molecule has 2 aromatic carbocycles. The zero-order valence-corrected chi connectivity index (χ0v) is 19.1. The van der Waals surface area contributed by atoms with Crippen LogP contribution < -0.4 is 14.8 Å². The maximum atomic E-state index is 12.9. The number of thioether (sulfide) groups is 1. The van der Waals surface area contributed by atoms with Crippen molar-refractivity contribution in [2.75, 3.05) is 32.6 Å². The fourth-order valence-electron chi connectivity index (χ4n) is 3.51. The third kappa shape index (κ3) is 5.83. The maximum Gasteiger partial charge on any atom is 0.289 e. The van der Waals surface area contributed by atoms with Crippen LogP contribution in [0.25, 0.3) is 0 Å². The van der Waals surface area contributed by atoms with E-state index in [1.165, 1.54) is 20.3 Å². The molecule has 1 heterocycles. The van der Waals surface area contributed by atoms with Gasteiger partial charge in [0.2, 0.25) is 5.91 Å². The van der Waals surface area contributed by atoms with Crippen LogP contribution in [0.4, 0.5) is 14.5 Å². The number of piperidine rings is 1. The van der Waals surface area contributed by atoms with Gasteiger partial charge in [0.25, 0.3) is 11.7 Å². The molecular weight excluding hydrogens is 462 g/mol. The van der Waals surface area contributed by atoms with Gasteiger partial charge in [-0.1, -0.05) is 29.4 Å². The molecule has 1 aliphatic rings. The van der Waals surface area contributed by atoms with E-state index in [1.807, 2.05) is 0 Å². The van der Waals surface area contributed by atoms with Crippen LogP contribution in [0.1, 0.15) is 23.2 Å². The van der Waals surface area contributed by atoms with Gasteiger partial charge >= 0.3 is 0 Å². The number of amides is 2. The van der Waals surface area contributed by atoms with Crippen molar-refractivity contribution in [3.8, 4) is 11.5 Å². The van der Waals surface area contributed by atoms with Crippen LogP contribution in [-0.4, -0.2) is 49.8 Å². The van der Waals surface area contributed by atoms with E-state index in [-0.39, 0.29) is 33.3 Å². The van der Waals surface area contributed by atoms with E-state index in [1.54, 1.807) is 35.2 Å². The van der Waals surface area contributed by atoms with Gasteiger partial charge in [0.05, 0.1) is 29.8 Å². The molecule has 1 saturated heterocycles. The number of hydrogen-bond acceptors (Lipinski definition) is 5. The molecule has 1 aliphatic heterocycles. The van der Waals surface area contributed by atoms with Crippen molar-refractivity contribution in [1.82, 2.24) is 4.90 Å². The third-order valence-electron chi connectivity index (χ3n) is 5.18. The van der Waals surface area contributed by atoms with Crippen LogP contribution in [0, 0.1) is 5.92 Å². The first-order chi connectivity index (χ1) is 15.3. The van der Waals surface area contributed by atoms with E-state index in [0.717, 1.165) is 0 Å². The molecule has 10 heteroatoms. The lowest BCUT2D eigenvalue weighted by Gasteiger charge is -2.31. The van der Waals surface area contributed by atoms with Gasteiger partial charge in [-0.25, -0.2) is 0 Å². The lowest BCUT2D eigenvalue weighted by molar-refractivity contribution is -0.121. The Labute approximate surface area is 194 Å². The largest absolute Gasteiger partial charge is 0.497 e. The molecule has 2 amide bonds. The summed E-state index contributed by atoms with van der Waals surface area (Å²) in [5.74, 6) is -2.43. The van der Waals surface area contributed by atoms with Crippen molar-refractivity contribution in [1.29, 1.82) is 0 Å². The number of anilines is 1. The number of carbonyl (C=O) groups excluding carboxylic acids is 2. The van der Waals surface area contributed by atoms with E-state index in [0.29, 0.717) is 54.8 Å².